The molecule has 0 aliphatic heterocycles. The van der Waals surface area contributed by atoms with Crippen molar-refractivity contribution in [3.05, 3.63) is 0 Å². The fraction of sp³-hybridized carbons (Fsp3) is 0.923. The third kappa shape index (κ3) is 5.26. The number of carbonyl (C=O) groups excluding carboxylic acids is 1. The summed E-state index contributed by atoms with van der Waals surface area (Å²) in [6, 6.07) is 0. The molecular weight excluding hydrogens is 216 g/mol. The van der Waals surface area contributed by atoms with Gasteiger partial charge in [-0.3, -0.25) is 0 Å². The van der Waals surface area contributed by atoms with Crippen molar-refractivity contribution in [2.75, 3.05) is 0 Å². The molecule has 0 unspecified atom stereocenters. The van der Waals surface area contributed by atoms with Gasteiger partial charge in [0, 0.05) is 12.0 Å². The lowest BCUT2D eigenvalue weighted by atomic mass is 10.1. The number of carbonyl (C=O) groups is 1. The van der Waals surface area contributed by atoms with Gasteiger partial charge in [0.25, 0.3) is 0 Å². The van der Waals surface area contributed by atoms with Gasteiger partial charge in [-0.05, 0) is 37.9 Å². The molecule has 16 heavy (non-hydrogen) atoms. The van der Waals surface area contributed by atoms with Crippen LogP contribution in [0.5, 0.6) is 0 Å². The van der Waals surface area contributed by atoms with Crippen molar-refractivity contribution in [2.45, 2.75) is 71.7 Å². The zero-order valence-corrected chi connectivity index (χ0v) is 13.0. The Morgan fingerprint density at radius 1 is 1.19 bits per heavy atom. The summed E-state index contributed by atoms with van der Waals surface area (Å²) in [6.45, 7) is 15.4. The molecule has 0 heterocycles. The van der Waals surface area contributed by atoms with E-state index in [1.54, 1.807) is 0 Å². The first-order valence-corrected chi connectivity index (χ1v) is 9.14. The van der Waals surface area contributed by atoms with Crippen molar-refractivity contribution in [3.63, 3.8) is 0 Å². The Morgan fingerprint density at radius 2 is 1.69 bits per heavy atom. The van der Waals surface area contributed by atoms with E-state index in [9.17, 15) is 4.79 Å². The minimum atomic E-state index is -1.64. The molecule has 0 N–H and O–H groups in total. The Morgan fingerprint density at radius 3 is 2.06 bits per heavy atom. The highest BCUT2D eigenvalue weighted by molar-refractivity contribution is 6.74. The Balaban J connectivity index is 4.14. The second-order valence-corrected chi connectivity index (χ2v) is 11.1. The van der Waals surface area contributed by atoms with Crippen LogP contribution in [-0.2, 0) is 9.22 Å². The van der Waals surface area contributed by atoms with Crippen molar-refractivity contribution in [1.82, 2.24) is 0 Å². The van der Waals surface area contributed by atoms with Crippen LogP contribution in [0.3, 0.4) is 0 Å². The molecule has 0 saturated carbocycles. The lowest BCUT2D eigenvalue weighted by Gasteiger charge is -2.38. The molecule has 0 spiro atoms. The zero-order chi connectivity index (χ0) is 13.0. The fourth-order valence-electron chi connectivity index (χ4n) is 1.30. The van der Waals surface area contributed by atoms with Crippen molar-refractivity contribution in [3.8, 4) is 0 Å². The van der Waals surface area contributed by atoms with E-state index < -0.39 is 8.32 Å². The number of aldehydes is 1. The molecule has 3 heteroatoms. The van der Waals surface area contributed by atoms with Crippen LogP contribution < -0.4 is 0 Å². The monoisotopic (exact) mass is 244 g/mol. The Labute approximate surface area is 102 Å². The maximum absolute atomic E-state index is 10.5. The van der Waals surface area contributed by atoms with Gasteiger partial charge in [0.1, 0.15) is 6.29 Å². The third-order valence-electron chi connectivity index (χ3n) is 3.56. The van der Waals surface area contributed by atoms with E-state index in [4.69, 9.17) is 4.43 Å². The topological polar surface area (TPSA) is 26.3 Å². The largest absolute Gasteiger partial charge is 0.414 e. The predicted molar refractivity (Wildman–Crippen MR) is 72.2 cm³/mol. The van der Waals surface area contributed by atoms with Crippen LogP contribution in [0.2, 0.25) is 18.1 Å². The van der Waals surface area contributed by atoms with E-state index in [-0.39, 0.29) is 17.1 Å². The summed E-state index contributed by atoms with van der Waals surface area (Å²) in [4.78, 5) is 10.5. The molecule has 0 aliphatic carbocycles. The average Bonchev–Trinajstić information content (AvgIpc) is 2.11. The number of hydrogen-bond acceptors (Lipinski definition) is 2. The summed E-state index contributed by atoms with van der Waals surface area (Å²) in [5.74, 6) is 0.158. The highest BCUT2D eigenvalue weighted by Gasteiger charge is 2.38. The van der Waals surface area contributed by atoms with E-state index in [0.717, 1.165) is 19.1 Å². The summed E-state index contributed by atoms with van der Waals surface area (Å²) in [5, 5.41) is 0.261. The molecule has 0 aromatic heterocycles. The third-order valence-corrected chi connectivity index (χ3v) is 8.17. The summed E-state index contributed by atoms with van der Waals surface area (Å²) in [5.41, 5.74) is 0. The van der Waals surface area contributed by atoms with Gasteiger partial charge in [-0.25, -0.2) is 0 Å². The van der Waals surface area contributed by atoms with E-state index in [0.29, 0.717) is 0 Å². The van der Waals surface area contributed by atoms with Crippen molar-refractivity contribution >= 4 is 14.6 Å². The molecule has 2 nitrogen and oxygen atoms in total. The van der Waals surface area contributed by atoms with Crippen LogP contribution in [0.25, 0.3) is 0 Å². The Bertz CT molecular complexity index is 218. The van der Waals surface area contributed by atoms with Gasteiger partial charge < -0.3 is 9.22 Å². The molecule has 96 valence electrons. The maximum atomic E-state index is 10.5. The summed E-state index contributed by atoms with van der Waals surface area (Å²) >= 11 is 0. The first kappa shape index (κ1) is 15.8. The van der Waals surface area contributed by atoms with Gasteiger partial charge >= 0.3 is 0 Å². The van der Waals surface area contributed by atoms with Crippen molar-refractivity contribution in [2.24, 2.45) is 5.92 Å². The second-order valence-electron chi connectivity index (χ2n) is 6.38. The number of rotatable bonds is 6. The molecule has 0 aliphatic rings. The summed E-state index contributed by atoms with van der Waals surface area (Å²) < 4.78 is 6.22. The highest BCUT2D eigenvalue weighted by atomic mass is 28.4. The molecule has 0 amide bonds. The van der Waals surface area contributed by atoms with Crippen LogP contribution in [-0.4, -0.2) is 20.7 Å². The highest BCUT2D eigenvalue weighted by Crippen LogP contribution is 2.37. The first-order chi connectivity index (χ1) is 7.10. The van der Waals surface area contributed by atoms with E-state index in [1.165, 1.54) is 0 Å². The quantitative estimate of drug-likeness (QED) is 0.521. The van der Waals surface area contributed by atoms with Gasteiger partial charge in [-0.1, -0.05) is 27.7 Å². The van der Waals surface area contributed by atoms with Gasteiger partial charge in [-0.15, -0.1) is 0 Å². The SMILES string of the molecule is C[C@H](C=O)CC[C@@H](C)O[Si](C)(C)C(C)(C)C. The second kappa shape index (κ2) is 5.96. The van der Waals surface area contributed by atoms with Crippen LogP contribution in [0, 0.1) is 5.92 Å². The van der Waals surface area contributed by atoms with Crippen molar-refractivity contribution in [1.29, 1.82) is 0 Å². The zero-order valence-electron chi connectivity index (χ0n) is 12.0. The molecule has 2 atom stereocenters. The fourth-order valence-corrected chi connectivity index (χ4v) is 2.78. The maximum Gasteiger partial charge on any atom is 0.192 e. The summed E-state index contributed by atoms with van der Waals surface area (Å²) in [6.07, 6.45) is 3.20. The molecule has 0 radical (unpaired) electrons. The molecule has 0 aromatic carbocycles. The van der Waals surface area contributed by atoms with Crippen LogP contribution in [0.4, 0.5) is 0 Å². The van der Waals surface area contributed by atoms with E-state index >= 15 is 0 Å². The predicted octanol–water partition coefficient (Wildman–Crippen LogP) is 4.01. The van der Waals surface area contributed by atoms with Gasteiger partial charge in [-0.2, -0.15) is 0 Å². The molecule has 0 rings (SSSR count). The molecule has 0 saturated heterocycles. The van der Waals surface area contributed by atoms with Crippen LogP contribution in [0.1, 0.15) is 47.5 Å². The van der Waals surface area contributed by atoms with Gasteiger partial charge in [0.2, 0.25) is 0 Å². The summed E-state index contributed by atoms with van der Waals surface area (Å²) in [7, 11) is -1.64. The molecule has 0 aromatic rings. The normalized spacial score (nSPS) is 16.9. The van der Waals surface area contributed by atoms with E-state index in [2.05, 4.69) is 40.8 Å². The number of hydrogen-bond donors (Lipinski definition) is 0. The van der Waals surface area contributed by atoms with Crippen LogP contribution >= 0.6 is 0 Å². The van der Waals surface area contributed by atoms with Crippen molar-refractivity contribution < 1.29 is 9.22 Å². The van der Waals surface area contributed by atoms with Gasteiger partial charge in [0.15, 0.2) is 8.32 Å². The standard InChI is InChI=1S/C13H28O2Si/c1-11(10-14)8-9-12(2)15-16(6,7)13(3,4)5/h10-12H,8-9H2,1-7H3/t11-,12+/m0/s1. The van der Waals surface area contributed by atoms with Gasteiger partial charge in [0.05, 0.1) is 0 Å². The molecular formula is C13H28O2Si. The van der Waals surface area contributed by atoms with Crippen LogP contribution in [0.15, 0.2) is 0 Å². The van der Waals surface area contributed by atoms with E-state index in [1.807, 2.05) is 6.92 Å². The minimum absolute atomic E-state index is 0.158. The lowest BCUT2D eigenvalue weighted by Crippen LogP contribution is -2.43. The average molecular weight is 244 g/mol. The molecule has 0 bridgehead atoms. The smallest absolute Gasteiger partial charge is 0.192 e. The first-order valence-electron chi connectivity index (χ1n) is 6.23. The Hall–Kier alpha value is -0.153. The molecule has 0 fully saturated rings. The Kier molecular flexibility index (Phi) is 5.91. The minimum Gasteiger partial charge on any atom is -0.414 e. The lowest BCUT2D eigenvalue weighted by molar-refractivity contribution is -0.110.